The van der Waals surface area contributed by atoms with Crippen LogP contribution >= 0.6 is 0 Å². The average molecular weight is 507 g/mol. The lowest BCUT2D eigenvalue weighted by Crippen LogP contribution is -2.57. The van der Waals surface area contributed by atoms with Gasteiger partial charge in [0.1, 0.15) is 18.1 Å². The van der Waals surface area contributed by atoms with E-state index in [2.05, 4.69) is 25.9 Å². The van der Waals surface area contributed by atoms with Gasteiger partial charge in [-0.2, -0.15) is 0 Å². The highest BCUT2D eigenvalue weighted by molar-refractivity contribution is 5.94. The molecule has 2 aromatic carbocycles. The molecule has 0 aliphatic rings. The first-order chi connectivity index (χ1) is 17.9. The van der Waals surface area contributed by atoms with Crippen molar-refractivity contribution in [3.63, 3.8) is 0 Å². The molecule has 0 aliphatic heterocycles. The van der Waals surface area contributed by atoms with E-state index in [0.717, 1.165) is 11.1 Å². The summed E-state index contributed by atoms with van der Waals surface area (Å²) in [5.74, 6) is -3.03. The number of nitrogens with two attached hydrogens (primary N) is 1. The molecule has 7 N–H and O–H groups in total. The fourth-order valence-corrected chi connectivity index (χ4v) is 3.73. The molecule has 3 amide bonds. The highest BCUT2D eigenvalue weighted by Gasteiger charge is 2.30. The second kappa shape index (κ2) is 13.5. The van der Waals surface area contributed by atoms with Crippen molar-refractivity contribution in [1.82, 2.24) is 25.9 Å². The fraction of sp³-hybridized carbons (Fsp3) is 0.269. The maximum atomic E-state index is 13.3. The molecule has 0 saturated carbocycles. The second-order valence-electron chi connectivity index (χ2n) is 8.45. The Hall–Kier alpha value is -4.51. The molecule has 3 rings (SSSR count). The number of carboxylic acid groups (broad SMARTS) is 1. The minimum atomic E-state index is -1.21. The van der Waals surface area contributed by atoms with E-state index in [9.17, 15) is 24.3 Å². The van der Waals surface area contributed by atoms with E-state index in [0.29, 0.717) is 5.69 Å². The Bertz CT molecular complexity index is 1170. The first kappa shape index (κ1) is 27.1. The van der Waals surface area contributed by atoms with Gasteiger partial charge in [0.2, 0.25) is 17.7 Å². The number of benzene rings is 2. The number of aromatic nitrogens is 2. The zero-order chi connectivity index (χ0) is 26.6. The Morgan fingerprint density at radius 2 is 1.30 bits per heavy atom. The monoisotopic (exact) mass is 506 g/mol. The number of aromatic amines is 1. The Balaban J connectivity index is 1.79. The Morgan fingerprint density at radius 3 is 1.78 bits per heavy atom. The molecular weight excluding hydrogens is 476 g/mol. The quantitative estimate of drug-likeness (QED) is 0.188. The number of imidazole rings is 1. The minimum Gasteiger partial charge on any atom is -0.480 e. The summed E-state index contributed by atoms with van der Waals surface area (Å²) in [6.45, 7) is -0.319. The van der Waals surface area contributed by atoms with Crippen molar-refractivity contribution in [3.8, 4) is 0 Å². The fourth-order valence-electron chi connectivity index (χ4n) is 3.73. The first-order valence-electron chi connectivity index (χ1n) is 11.7. The molecule has 0 aliphatic carbocycles. The number of amides is 3. The number of hydrogen-bond acceptors (Lipinski definition) is 6. The third-order valence-corrected chi connectivity index (χ3v) is 5.63. The SMILES string of the molecule is NCC(=O)NC(Cc1cnc[nH]1)C(=O)NC(Cc1ccccc1)C(=O)NC(Cc1ccccc1)C(=O)O. The number of carbonyl (C=O) groups excluding carboxylic acids is 3. The molecule has 3 unspecified atom stereocenters. The smallest absolute Gasteiger partial charge is 0.326 e. The van der Waals surface area contributed by atoms with Crippen LogP contribution in [0.5, 0.6) is 0 Å². The predicted octanol–water partition coefficient (Wildman–Crippen LogP) is -0.0647. The number of H-pyrrole nitrogens is 1. The molecule has 1 aromatic heterocycles. The highest BCUT2D eigenvalue weighted by Crippen LogP contribution is 2.08. The minimum absolute atomic E-state index is 0.0723. The molecule has 0 fully saturated rings. The highest BCUT2D eigenvalue weighted by atomic mass is 16.4. The van der Waals surface area contributed by atoms with Crippen molar-refractivity contribution in [1.29, 1.82) is 0 Å². The third-order valence-electron chi connectivity index (χ3n) is 5.63. The number of carboxylic acids is 1. The average Bonchev–Trinajstić information content (AvgIpc) is 3.41. The van der Waals surface area contributed by atoms with Gasteiger partial charge in [0.05, 0.1) is 12.9 Å². The van der Waals surface area contributed by atoms with Gasteiger partial charge in [-0.3, -0.25) is 14.4 Å². The Kier molecular flexibility index (Phi) is 9.91. The van der Waals surface area contributed by atoms with Gasteiger partial charge in [-0.05, 0) is 11.1 Å². The zero-order valence-electron chi connectivity index (χ0n) is 20.1. The van der Waals surface area contributed by atoms with Crippen molar-refractivity contribution in [2.75, 3.05) is 6.54 Å². The molecule has 0 radical (unpaired) electrons. The van der Waals surface area contributed by atoms with Crippen LogP contribution in [0, 0.1) is 0 Å². The summed E-state index contributed by atoms with van der Waals surface area (Å²) >= 11 is 0. The molecular formula is C26H30N6O5. The van der Waals surface area contributed by atoms with Gasteiger partial charge in [0.15, 0.2) is 0 Å². The third kappa shape index (κ3) is 8.58. The van der Waals surface area contributed by atoms with Crippen molar-refractivity contribution >= 4 is 23.7 Å². The molecule has 37 heavy (non-hydrogen) atoms. The molecule has 11 nitrogen and oxygen atoms in total. The van der Waals surface area contributed by atoms with Crippen LogP contribution in [0.2, 0.25) is 0 Å². The summed E-state index contributed by atoms with van der Waals surface area (Å²) in [7, 11) is 0. The largest absolute Gasteiger partial charge is 0.480 e. The molecule has 11 heteroatoms. The predicted molar refractivity (Wildman–Crippen MR) is 135 cm³/mol. The van der Waals surface area contributed by atoms with Crippen molar-refractivity contribution in [2.45, 2.75) is 37.4 Å². The van der Waals surface area contributed by atoms with Crippen LogP contribution < -0.4 is 21.7 Å². The van der Waals surface area contributed by atoms with Gasteiger partial charge in [0, 0.05) is 31.2 Å². The molecule has 3 atom stereocenters. The summed E-state index contributed by atoms with van der Waals surface area (Å²) in [4.78, 5) is 57.2. The zero-order valence-corrected chi connectivity index (χ0v) is 20.1. The molecule has 1 heterocycles. The van der Waals surface area contributed by atoms with E-state index in [-0.39, 0.29) is 25.8 Å². The summed E-state index contributed by atoms with van der Waals surface area (Å²) in [5, 5.41) is 17.5. The van der Waals surface area contributed by atoms with E-state index >= 15 is 0 Å². The van der Waals surface area contributed by atoms with Gasteiger partial charge >= 0.3 is 5.97 Å². The number of nitrogens with zero attached hydrogens (tertiary/aromatic N) is 1. The first-order valence-corrected chi connectivity index (χ1v) is 11.7. The van der Waals surface area contributed by atoms with Gasteiger partial charge in [0.25, 0.3) is 0 Å². The summed E-state index contributed by atoms with van der Waals surface area (Å²) in [5.41, 5.74) is 7.50. The van der Waals surface area contributed by atoms with Crippen LogP contribution in [0.1, 0.15) is 16.8 Å². The Morgan fingerprint density at radius 1 is 0.784 bits per heavy atom. The summed E-state index contributed by atoms with van der Waals surface area (Å²) in [6.07, 6.45) is 3.23. The van der Waals surface area contributed by atoms with E-state index in [4.69, 9.17) is 5.73 Å². The second-order valence-corrected chi connectivity index (χ2v) is 8.45. The molecule has 0 bridgehead atoms. The number of aliphatic carboxylic acids is 1. The van der Waals surface area contributed by atoms with Crippen LogP contribution in [-0.2, 0) is 38.4 Å². The van der Waals surface area contributed by atoms with Gasteiger partial charge in [-0.1, -0.05) is 60.7 Å². The van der Waals surface area contributed by atoms with Gasteiger partial charge in [-0.15, -0.1) is 0 Å². The van der Waals surface area contributed by atoms with Crippen LogP contribution in [0.3, 0.4) is 0 Å². The molecule has 0 saturated heterocycles. The molecule has 3 aromatic rings. The Labute approximate surface area is 213 Å². The number of carbonyl (C=O) groups is 4. The van der Waals surface area contributed by atoms with Crippen molar-refractivity contribution in [3.05, 3.63) is 90.0 Å². The topological polar surface area (TPSA) is 179 Å². The summed E-state index contributed by atoms with van der Waals surface area (Å²) < 4.78 is 0. The van der Waals surface area contributed by atoms with E-state index in [1.165, 1.54) is 12.5 Å². The standard InChI is InChI=1S/C26H30N6O5/c27-14-23(33)30-21(13-19-15-28-16-29-19)25(35)31-20(11-17-7-3-1-4-8-17)24(34)32-22(26(36)37)12-18-9-5-2-6-10-18/h1-10,15-16,20-22H,11-14,27H2,(H,28,29)(H,30,33)(H,31,35)(H,32,34)(H,36,37). The van der Waals surface area contributed by atoms with Crippen LogP contribution in [0.15, 0.2) is 73.2 Å². The van der Waals surface area contributed by atoms with E-state index in [1.54, 1.807) is 48.5 Å². The molecule has 194 valence electrons. The van der Waals surface area contributed by atoms with Crippen LogP contribution in [-0.4, -0.2) is 63.4 Å². The number of nitrogens with one attached hydrogen (secondary N) is 4. The van der Waals surface area contributed by atoms with Crippen molar-refractivity contribution < 1.29 is 24.3 Å². The van der Waals surface area contributed by atoms with E-state index < -0.39 is 41.8 Å². The maximum Gasteiger partial charge on any atom is 0.326 e. The van der Waals surface area contributed by atoms with Crippen molar-refractivity contribution in [2.24, 2.45) is 5.73 Å². The number of hydrogen-bond donors (Lipinski definition) is 6. The van der Waals surface area contributed by atoms with Crippen LogP contribution in [0.25, 0.3) is 0 Å². The number of rotatable bonds is 13. The van der Waals surface area contributed by atoms with Crippen LogP contribution in [0.4, 0.5) is 0 Å². The lowest BCUT2D eigenvalue weighted by atomic mass is 10.0. The van der Waals surface area contributed by atoms with Gasteiger partial charge in [-0.25, -0.2) is 9.78 Å². The summed E-state index contributed by atoms with van der Waals surface area (Å²) in [6, 6.07) is 14.6. The van der Waals surface area contributed by atoms with E-state index in [1.807, 2.05) is 12.1 Å². The molecule has 0 spiro atoms. The maximum absolute atomic E-state index is 13.3. The normalized spacial score (nSPS) is 13.1. The lowest BCUT2D eigenvalue weighted by molar-refractivity contribution is -0.142. The lowest BCUT2D eigenvalue weighted by Gasteiger charge is -2.24. The van der Waals surface area contributed by atoms with Gasteiger partial charge < -0.3 is 31.8 Å².